The molecule has 0 spiro atoms. The fraction of sp³-hybridized carbons (Fsp3) is 0.167. The van der Waals surface area contributed by atoms with Crippen LogP contribution in [0.1, 0.15) is 5.56 Å². The van der Waals surface area contributed by atoms with E-state index in [1.165, 1.54) is 0 Å². The highest BCUT2D eigenvalue weighted by atomic mass is 35.5. The fourth-order valence-electron chi connectivity index (χ4n) is 1.78. The van der Waals surface area contributed by atoms with Crippen LogP contribution < -0.4 is 0 Å². The van der Waals surface area contributed by atoms with E-state index in [0.717, 1.165) is 0 Å². The van der Waals surface area contributed by atoms with E-state index in [1.54, 1.807) is 24.3 Å². The summed E-state index contributed by atoms with van der Waals surface area (Å²) in [7, 11) is 0. The van der Waals surface area contributed by atoms with E-state index < -0.39 is 30.4 Å². The molecule has 1 heterocycles. The molecule has 2 rings (SSSR count). The van der Waals surface area contributed by atoms with E-state index in [2.05, 4.69) is 0 Å². The van der Waals surface area contributed by atoms with Gasteiger partial charge in [0, 0.05) is 5.02 Å². The summed E-state index contributed by atoms with van der Waals surface area (Å²) in [6, 6.07) is 5.51. The number of hydrogen-bond acceptors (Lipinski definition) is 4. The number of hydrogen-bond donors (Lipinski definition) is 1. The smallest absolute Gasteiger partial charge is 0.335 e. The van der Waals surface area contributed by atoms with Gasteiger partial charge in [-0.05, 0) is 17.7 Å². The number of amides is 4. The first-order valence-corrected chi connectivity index (χ1v) is 5.91. The summed E-state index contributed by atoms with van der Waals surface area (Å²) in [5.74, 6) is -3.56. The number of nitrogens with zero attached hydrogens (tertiary/aromatic N) is 2. The molecule has 20 heavy (non-hydrogen) atoms. The first kappa shape index (κ1) is 14.0. The third-order valence-electron chi connectivity index (χ3n) is 2.66. The Morgan fingerprint density at radius 2 is 1.80 bits per heavy atom. The van der Waals surface area contributed by atoms with Gasteiger partial charge in [0.2, 0.25) is 0 Å². The van der Waals surface area contributed by atoms with Crippen LogP contribution in [0.25, 0.3) is 0 Å². The number of imide groups is 2. The fourth-order valence-corrected chi connectivity index (χ4v) is 2.00. The lowest BCUT2D eigenvalue weighted by Crippen LogP contribution is -2.36. The number of halogens is 1. The second kappa shape index (κ2) is 5.30. The van der Waals surface area contributed by atoms with Gasteiger partial charge in [0.1, 0.15) is 6.54 Å². The molecule has 0 atom stereocenters. The van der Waals surface area contributed by atoms with Gasteiger partial charge in [0.15, 0.2) is 0 Å². The van der Waals surface area contributed by atoms with E-state index >= 15 is 0 Å². The standard InChI is InChI=1S/C12H9ClN2O5/c13-8-3-1-2-7(4-8)5-14-10(18)11(19)15(12(14)20)6-9(16)17/h1-4H,5-6H2,(H,16,17). The van der Waals surface area contributed by atoms with Crippen LogP contribution in [0.3, 0.4) is 0 Å². The number of carbonyl (C=O) groups excluding carboxylic acids is 3. The number of carboxylic acid groups (broad SMARTS) is 1. The second-order valence-electron chi connectivity index (χ2n) is 4.09. The summed E-state index contributed by atoms with van der Waals surface area (Å²) in [6.07, 6.45) is 0. The number of urea groups is 1. The van der Waals surface area contributed by atoms with Crippen LogP contribution >= 0.6 is 11.6 Å². The van der Waals surface area contributed by atoms with Crippen molar-refractivity contribution in [3.63, 3.8) is 0 Å². The van der Waals surface area contributed by atoms with Crippen molar-refractivity contribution in [1.29, 1.82) is 0 Å². The average Bonchev–Trinajstić information content (AvgIpc) is 2.56. The Kier molecular flexibility index (Phi) is 3.71. The summed E-state index contributed by atoms with van der Waals surface area (Å²) < 4.78 is 0. The minimum absolute atomic E-state index is 0.139. The van der Waals surface area contributed by atoms with Crippen LogP contribution in [0.5, 0.6) is 0 Å². The van der Waals surface area contributed by atoms with Gasteiger partial charge >= 0.3 is 23.8 Å². The predicted octanol–water partition coefficient (Wildman–Crippen LogP) is 0.715. The zero-order valence-corrected chi connectivity index (χ0v) is 10.8. The van der Waals surface area contributed by atoms with Crippen LogP contribution in [0.4, 0.5) is 4.79 Å². The monoisotopic (exact) mass is 296 g/mol. The van der Waals surface area contributed by atoms with Crippen LogP contribution in [-0.2, 0) is 20.9 Å². The Morgan fingerprint density at radius 1 is 1.15 bits per heavy atom. The molecule has 0 saturated carbocycles. The maximum absolute atomic E-state index is 11.9. The van der Waals surface area contributed by atoms with Crippen LogP contribution in [-0.4, -0.2) is 45.3 Å². The Bertz CT molecular complexity index is 616. The Morgan fingerprint density at radius 3 is 2.40 bits per heavy atom. The van der Waals surface area contributed by atoms with Gasteiger partial charge in [-0.15, -0.1) is 0 Å². The minimum atomic E-state index is -1.37. The van der Waals surface area contributed by atoms with Gasteiger partial charge in [-0.3, -0.25) is 19.3 Å². The molecule has 1 fully saturated rings. The topological polar surface area (TPSA) is 95.0 Å². The molecular weight excluding hydrogens is 288 g/mol. The van der Waals surface area contributed by atoms with Crippen LogP contribution in [0, 0.1) is 0 Å². The largest absolute Gasteiger partial charge is 0.480 e. The third-order valence-corrected chi connectivity index (χ3v) is 2.89. The van der Waals surface area contributed by atoms with Crippen LogP contribution in [0.2, 0.25) is 5.02 Å². The Labute approximate surface area is 118 Å². The summed E-state index contributed by atoms with van der Waals surface area (Å²) in [4.78, 5) is 46.8. The van der Waals surface area contributed by atoms with Crippen molar-refractivity contribution in [2.75, 3.05) is 6.54 Å². The SMILES string of the molecule is O=C(O)CN1C(=O)C(=O)N(Cc2cccc(Cl)c2)C1=O. The van der Waals surface area contributed by atoms with E-state index in [4.69, 9.17) is 16.7 Å². The first-order chi connectivity index (χ1) is 9.40. The molecule has 1 aromatic rings. The molecule has 0 radical (unpaired) electrons. The van der Waals surface area contributed by atoms with Crippen molar-refractivity contribution < 1.29 is 24.3 Å². The highest BCUT2D eigenvalue weighted by Crippen LogP contribution is 2.18. The molecule has 0 bridgehead atoms. The molecule has 104 valence electrons. The summed E-state index contributed by atoms with van der Waals surface area (Å²) in [5, 5.41) is 9.04. The first-order valence-electron chi connectivity index (χ1n) is 5.53. The van der Waals surface area contributed by atoms with E-state index in [0.29, 0.717) is 20.4 Å². The van der Waals surface area contributed by atoms with Crippen molar-refractivity contribution in [2.45, 2.75) is 6.54 Å². The lowest BCUT2D eigenvalue weighted by atomic mass is 10.2. The highest BCUT2D eigenvalue weighted by Gasteiger charge is 2.45. The summed E-state index contributed by atoms with van der Waals surface area (Å²) >= 11 is 5.79. The maximum Gasteiger partial charge on any atom is 0.335 e. The van der Waals surface area contributed by atoms with Gasteiger partial charge in [-0.1, -0.05) is 23.7 Å². The molecule has 1 saturated heterocycles. The number of benzene rings is 1. The van der Waals surface area contributed by atoms with Crippen molar-refractivity contribution in [1.82, 2.24) is 9.80 Å². The molecule has 1 aliphatic heterocycles. The quantitative estimate of drug-likeness (QED) is 0.652. The van der Waals surface area contributed by atoms with E-state index in [1.807, 2.05) is 0 Å². The van der Waals surface area contributed by atoms with Crippen molar-refractivity contribution in [3.8, 4) is 0 Å². The molecule has 0 aliphatic carbocycles. The van der Waals surface area contributed by atoms with E-state index in [-0.39, 0.29) is 6.54 Å². The number of carbonyl (C=O) groups is 4. The maximum atomic E-state index is 11.9. The molecule has 1 aromatic carbocycles. The molecule has 0 unspecified atom stereocenters. The number of rotatable bonds is 4. The highest BCUT2D eigenvalue weighted by molar-refractivity contribution is 6.44. The summed E-state index contributed by atoms with van der Waals surface area (Å²) in [6.45, 7) is -0.977. The minimum Gasteiger partial charge on any atom is -0.480 e. The molecule has 1 aliphatic rings. The molecule has 0 aromatic heterocycles. The molecular formula is C12H9ClN2O5. The predicted molar refractivity (Wildman–Crippen MR) is 66.7 cm³/mol. The van der Waals surface area contributed by atoms with Crippen molar-refractivity contribution in [3.05, 3.63) is 34.9 Å². The second-order valence-corrected chi connectivity index (χ2v) is 4.53. The Balaban J connectivity index is 2.20. The van der Waals surface area contributed by atoms with E-state index in [9.17, 15) is 19.2 Å². The van der Waals surface area contributed by atoms with Crippen molar-refractivity contribution >= 4 is 35.4 Å². The van der Waals surface area contributed by atoms with Gasteiger partial charge < -0.3 is 5.11 Å². The van der Waals surface area contributed by atoms with Crippen LogP contribution in [0.15, 0.2) is 24.3 Å². The number of carboxylic acids is 1. The average molecular weight is 297 g/mol. The van der Waals surface area contributed by atoms with Gasteiger partial charge in [0.25, 0.3) is 0 Å². The third kappa shape index (κ3) is 2.62. The zero-order chi connectivity index (χ0) is 14.9. The lowest BCUT2D eigenvalue weighted by Gasteiger charge is -2.14. The molecule has 8 heteroatoms. The van der Waals surface area contributed by atoms with Crippen molar-refractivity contribution in [2.24, 2.45) is 0 Å². The summed E-state index contributed by atoms with van der Waals surface area (Å²) in [5.41, 5.74) is 0.559. The van der Waals surface area contributed by atoms with Gasteiger partial charge in [0.05, 0.1) is 6.54 Å². The molecule has 7 nitrogen and oxygen atoms in total. The number of aliphatic carboxylic acids is 1. The normalized spacial score (nSPS) is 15.2. The molecule has 4 amide bonds. The molecule has 1 N–H and O–H groups in total. The van der Waals surface area contributed by atoms with Gasteiger partial charge in [-0.25, -0.2) is 9.69 Å². The lowest BCUT2D eigenvalue weighted by molar-refractivity contribution is -0.146. The Hall–Kier alpha value is -2.41. The zero-order valence-electron chi connectivity index (χ0n) is 10.1. The van der Waals surface area contributed by atoms with Gasteiger partial charge in [-0.2, -0.15) is 0 Å².